The van der Waals surface area contributed by atoms with Gasteiger partial charge < -0.3 is 15.4 Å². The summed E-state index contributed by atoms with van der Waals surface area (Å²) in [5, 5.41) is 5.43. The van der Waals surface area contributed by atoms with Gasteiger partial charge in [-0.1, -0.05) is 42.5 Å². The number of carbonyl (C=O) groups is 2. The Bertz CT molecular complexity index is 736. The first kappa shape index (κ1) is 16.0. The summed E-state index contributed by atoms with van der Waals surface area (Å²) in [5.41, 5.74) is 1.48. The first-order chi connectivity index (χ1) is 11.6. The normalized spacial score (nSPS) is 19.6. The Morgan fingerprint density at radius 3 is 2.75 bits per heavy atom. The van der Waals surface area contributed by atoms with Gasteiger partial charge in [-0.25, -0.2) is 9.18 Å². The largest absolute Gasteiger partial charge is 0.445 e. The van der Waals surface area contributed by atoms with E-state index in [4.69, 9.17) is 4.74 Å². The molecular formula is C18H17FN2O3. The molecule has 1 saturated heterocycles. The molecule has 0 saturated carbocycles. The van der Waals surface area contributed by atoms with Crippen LogP contribution in [0.3, 0.4) is 0 Å². The van der Waals surface area contributed by atoms with Gasteiger partial charge in [-0.15, -0.1) is 0 Å². The van der Waals surface area contributed by atoms with E-state index in [1.54, 1.807) is 12.1 Å². The fourth-order valence-corrected chi connectivity index (χ4v) is 2.72. The van der Waals surface area contributed by atoms with E-state index >= 15 is 0 Å². The number of nitrogens with one attached hydrogen (secondary N) is 2. The zero-order chi connectivity index (χ0) is 16.9. The third-order valence-electron chi connectivity index (χ3n) is 3.85. The van der Waals surface area contributed by atoms with Crippen molar-refractivity contribution < 1.29 is 18.7 Å². The Morgan fingerprint density at radius 1 is 1.21 bits per heavy atom. The number of halogens is 1. The predicted octanol–water partition coefficient (Wildman–Crippen LogP) is 2.68. The molecule has 5 nitrogen and oxygen atoms in total. The third-order valence-corrected chi connectivity index (χ3v) is 3.85. The molecular weight excluding hydrogens is 311 g/mol. The van der Waals surface area contributed by atoms with Gasteiger partial charge in [0.05, 0.1) is 12.1 Å². The van der Waals surface area contributed by atoms with E-state index in [2.05, 4.69) is 10.6 Å². The smallest absolute Gasteiger partial charge is 0.407 e. The van der Waals surface area contributed by atoms with Crippen molar-refractivity contribution in [1.29, 1.82) is 0 Å². The maximum Gasteiger partial charge on any atom is 0.407 e. The van der Waals surface area contributed by atoms with Gasteiger partial charge in [-0.2, -0.15) is 0 Å². The predicted molar refractivity (Wildman–Crippen MR) is 85.5 cm³/mol. The quantitative estimate of drug-likeness (QED) is 0.907. The minimum Gasteiger partial charge on any atom is -0.445 e. The molecule has 1 aliphatic rings. The van der Waals surface area contributed by atoms with Crippen molar-refractivity contribution in [2.45, 2.75) is 25.1 Å². The highest BCUT2D eigenvalue weighted by Gasteiger charge is 2.35. The summed E-state index contributed by atoms with van der Waals surface area (Å²) in [6.45, 7) is 0.144. The second kappa shape index (κ2) is 7.12. The van der Waals surface area contributed by atoms with Crippen LogP contribution in [0, 0.1) is 5.82 Å². The highest BCUT2D eigenvalue weighted by atomic mass is 19.1. The number of amides is 2. The molecule has 2 amide bonds. The monoisotopic (exact) mass is 328 g/mol. The fourth-order valence-electron chi connectivity index (χ4n) is 2.72. The van der Waals surface area contributed by atoms with Crippen molar-refractivity contribution in [2.24, 2.45) is 0 Å². The molecule has 2 aromatic rings. The Labute approximate surface area is 138 Å². The maximum absolute atomic E-state index is 13.4. The lowest BCUT2D eigenvalue weighted by molar-refractivity contribution is -0.119. The highest BCUT2D eigenvalue weighted by molar-refractivity contribution is 5.81. The van der Waals surface area contributed by atoms with Crippen LogP contribution in [-0.2, 0) is 16.1 Å². The van der Waals surface area contributed by atoms with Crippen molar-refractivity contribution in [2.75, 3.05) is 0 Å². The molecule has 1 unspecified atom stereocenters. The van der Waals surface area contributed by atoms with E-state index in [1.807, 2.05) is 30.3 Å². The molecule has 6 heteroatoms. The fraction of sp³-hybridized carbons (Fsp3) is 0.222. The van der Waals surface area contributed by atoms with Gasteiger partial charge in [0.2, 0.25) is 5.91 Å². The SMILES string of the molecule is O=C1C[C@H](NC(=O)OCc2ccccc2)C(c2cccc(F)c2)N1. The molecule has 0 radical (unpaired) electrons. The summed E-state index contributed by atoms with van der Waals surface area (Å²) in [7, 11) is 0. The van der Waals surface area contributed by atoms with Gasteiger partial charge in [-0.05, 0) is 23.3 Å². The Balaban J connectivity index is 1.62. The molecule has 0 aromatic heterocycles. The van der Waals surface area contributed by atoms with Crippen molar-refractivity contribution >= 4 is 12.0 Å². The van der Waals surface area contributed by atoms with Gasteiger partial charge in [0.1, 0.15) is 12.4 Å². The van der Waals surface area contributed by atoms with Crippen LogP contribution in [0.5, 0.6) is 0 Å². The summed E-state index contributed by atoms with van der Waals surface area (Å²) in [4.78, 5) is 23.7. The number of carbonyl (C=O) groups excluding carboxylic acids is 2. The summed E-state index contributed by atoms with van der Waals surface area (Å²) < 4.78 is 18.6. The Morgan fingerprint density at radius 2 is 2.00 bits per heavy atom. The lowest BCUT2D eigenvalue weighted by Gasteiger charge is -2.20. The lowest BCUT2D eigenvalue weighted by atomic mass is 10.0. The maximum atomic E-state index is 13.4. The summed E-state index contributed by atoms with van der Waals surface area (Å²) in [6.07, 6.45) is -0.483. The number of alkyl carbamates (subject to hydrolysis) is 1. The average Bonchev–Trinajstić information content (AvgIpc) is 2.94. The van der Waals surface area contributed by atoms with E-state index in [1.165, 1.54) is 12.1 Å². The van der Waals surface area contributed by atoms with Crippen molar-refractivity contribution in [3.63, 3.8) is 0 Å². The molecule has 124 valence electrons. The molecule has 0 spiro atoms. The van der Waals surface area contributed by atoms with Crippen LogP contribution in [0.15, 0.2) is 54.6 Å². The Hall–Kier alpha value is -2.89. The number of ether oxygens (including phenoxy) is 1. The third kappa shape index (κ3) is 3.90. The van der Waals surface area contributed by atoms with Gasteiger partial charge >= 0.3 is 6.09 Å². The van der Waals surface area contributed by atoms with Crippen LogP contribution in [0.1, 0.15) is 23.6 Å². The molecule has 0 bridgehead atoms. The number of hydrogen-bond acceptors (Lipinski definition) is 3. The molecule has 1 heterocycles. The summed E-state index contributed by atoms with van der Waals surface area (Å²) in [6, 6.07) is 14.3. The number of benzene rings is 2. The molecule has 1 aliphatic heterocycles. The molecule has 3 rings (SSSR count). The molecule has 2 aromatic carbocycles. The first-order valence-electron chi connectivity index (χ1n) is 7.64. The molecule has 24 heavy (non-hydrogen) atoms. The van der Waals surface area contributed by atoms with E-state index in [-0.39, 0.29) is 24.8 Å². The second-order valence-electron chi connectivity index (χ2n) is 5.62. The Kier molecular flexibility index (Phi) is 4.74. The van der Waals surface area contributed by atoms with Crippen molar-refractivity contribution in [3.05, 3.63) is 71.5 Å². The van der Waals surface area contributed by atoms with Crippen LogP contribution in [0.25, 0.3) is 0 Å². The summed E-state index contributed by atoms with van der Waals surface area (Å²) in [5.74, 6) is -0.586. The summed E-state index contributed by atoms with van der Waals surface area (Å²) >= 11 is 0. The van der Waals surface area contributed by atoms with E-state index in [0.717, 1.165) is 5.56 Å². The van der Waals surface area contributed by atoms with Crippen LogP contribution in [-0.4, -0.2) is 18.0 Å². The lowest BCUT2D eigenvalue weighted by Crippen LogP contribution is -2.38. The average molecular weight is 328 g/mol. The topological polar surface area (TPSA) is 67.4 Å². The van der Waals surface area contributed by atoms with Crippen LogP contribution < -0.4 is 10.6 Å². The molecule has 0 aliphatic carbocycles. The van der Waals surface area contributed by atoms with E-state index < -0.39 is 18.2 Å². The van der Waals surface area contributed by atoms with Crippen molar-refractivity contribution in [3.8, 4) is 0 Å². The van der Waals surface area contributed by atoms with Crippen LogP contribution in [0.2, 0.25) is 0 Å². The van der Waals surface area contributed by atoms with Gasteiger partial charge in [-0.3, -0.25) is 4.79 Å². The molecule has 2 atom stereocenters. The zero-order valence-corrected chi connectivity index (χ0v) is 12.9. The standard InChI is InChI=1S/C18H17FN2O3/c19-14-8-4-7-13(9-14)17-15(10-16(22)21-17)20-18(23)24-11-12-5-2-1-3-6-12/h1-9,15,17H,10-11H2,(H,20,23)(H,21,22)/t15-,17?/m0/s1. The molecule has 1 fully saturated rings. The van der Waals surface area contributed by atoms with Gasteiger partial charge in [0.25, 0.3) is 0 Å². The minimum absolute atomic E-state index is 0.127. The minimum atomic E-state index is -0.609. The van der Waals surface area contributed by atoms with Gasteiger partial charge in [0.15, 0.2) is 0 Å². The second-order valence-corrected chi connectivity index (χ2v) is 5.62. The first-order valence-corrected chi connectivity index (χ1v) is 7.64. The zero-order valence-electron chi connectivity index (χ0n) is 12.9. The van der Waals surface area contributed by atoms with Crippen LogP contribution >= 0.6 is 0 Å². The van der Waals surface area contributed by atoms with E-state index in [9.17, 15) is 14.0 Å². The number of hydrogen-bond donors (Lipinski definition) is 2. The van der Waals surface area contributed by atoms with Gasteiger partial charge in [0, 0.05) is 6.42 Å². The molecule has 2 N–H and O–H groups in total. The number of rotatable bonds is 4. The van der Waals surface area contributed by atoms with Crippen molar-refractivity contribution in [1.82, 2.24) is 10.6 Å². The van der Waals surface area contributed by atoms with Crippen LogP contribution in [0.4, 0.5) is 9.18 Å². The van der Waals surface area contributed by atoms with E-state index in [0.29, 0.717) is 5.56 Å². The highest BCUT2D eigenvalue weighted by Crippen LogP contribution is 2.25.